The van der Waals surface area contributed by atoms with Gasteiger partial charge in [-0.25, -0.2) is 4.98 Å². The number of rotatable bonds is 4. The van der Waals surface area contributed by atoms with E-state index in [1.54, 1.807) is 0 Å². The van der Waals surface area contributed by atoms with Gasteiger partial charge in [0.15, 0.2) is 0 Å². The molecule has 0 saturated heterocycles. The molecule has 1 saturated carbocycles. The molecule has 1 aliphatic rings. The minimum atomic E-state index is 0.360. The summed E-state index contributed by atoms with van der Waals surface area (Å²) < 4.78 is 2.03. The third-order valence-corrected chi connectivity index (χ3v) is 3.78. The maximum Gasteiger partial charge on any atom is 0.0955 e. The Balaban J connectivity index is 1.77. The van der Waals surface area contributed by atoms with Crippen molar-refractivity contribution in [2.24, 2.45) is 18.2 Å². The highest BCUT2D eigenvalue weighted by atomic mass is 15.0. The molecule has 0 spiro atoms. The molecule has 2 aromatic rings. The first kappa shape index (κ1) is 10.6. The maximum atomic E-state index is 5.77. The summed E-state index contributed by atoms with van der Waals surface area (Å²) in [7, 11) is 2.01. The maximum absolute atomic E-state index is 5.77. The fourth-order valence-corrected chi connectivity index (χ4v) is 2.17. The van der Waals surface area contributed by atoms with E-state index in [1.165, 1.54) is 12.8 Å². The van der Waals surface area contributed by atoms with Crippen LogP contribution in [0.5, 0.6) is 0 Å². The molecule has 0 unspecified atom stereocenters. The van der Waals surface area contributed by atoms with Crippen molar-refractivity contribution in [3.8, 4) is 0 Å². The Hall–Kier alpha value is -1.55. The number of hydrogen-bond donors (Lipinski definition) is 2. The summed E-state index contributed by atoms with van der Waals surface area (Å²) in [4.78, 5) is 4.36. The lowest BCUT2D eigenvalue weighted by Crippen LogP contribution is -2.24. The van der Waals surface area contributed by atoms with Gasteiger partial charge in [-0.2, -0.15) is 0 Å². The van der Waals surface area contributed by atoms with Crippen molar-refractivity contribution in [2.45, 2.75) is 12.8 Å². The van der Waals surface area contributed by atoms with Crippen LogP contribution in [0.3, 0.4) is 0 Å². The Kier molecular flexibility index (Phi) is 2.33. The van der Waals surface area contributed by atoms with Crippen LogP contribution in [-0.2, 0) is 7.05 Å². The molecule has 4 nitrogen and oxygen atoms in total. The Bertz CT molecular complexity index is 539. The van der Waals surface area contributed by atoms with E-state index in [4.69, 9.17) is 5.73 Å². The number of benzene rings is 1. The van der Waals surface area contributed by atoms with Crippen molar-refractivity contribution in [3.05, 3.63) is 24.5 Å². The molecular weight excluding hydrogens is 212 g/mol. The highest BCUT2D eigenvalue weighted by molar-refractivity contribution is 5.79. The van der Waals surface area contributed by atoms with Crippen LogP contribution in [-0.4, -0.2) is 22.6 Å². The fraction of sp³-hybridized carbons (Fsp3) is 0.462. The van der Waals surface area contributed by atoms with E-state index in [0.717, 1.165) is 29.8 Å². The average Bonchev–Trinajstić information content (AvgIpc) is 3.06. The molecular formula is C13H18N4. The minimum absolute atomic E-state index is 0.360. The van der Waals surface area contributed by atoms with Gasteiger partial charge in [0.25, 0.3) is 0 Å². The summed E-state index contributed by atoms with van der Waals surface area (Å²) in [5.74, 6) is 0. The first-order chi connectivity index (χ1) is 8.22. The lowest BCUT2D eigenvalue weighted by molar-refractivity contribution is 0.556. The topological polar surface area (TPSA) is 55.9 Å². The summed E-state index contributed by atoms with van der Waals surface area (Å²) in [6, 6.07) is 6.31. The zero-order chi connectivity index (χ0) is 11.9. The molecule has 0 bridgehead atoms. The summed E-state index contributed by atoms with van der Waals surface area (Å²) in [6.45, 7) is 1.76. The van der Waals surface area contributed by atoms with E-state index in [1.807, 2.05) is 17.9 Å². The zero-order valence-electron chi connectivity index (χ0n) is 10.1. The second-order valence-electron chi connectivity index (χ2n) is 5.12. The second-order valence-corrected chi connectivity index (χ2v) is 5.12. The standard InChI is InChI=1S/C13H18N4/c1-17-9-16-11-6-10(2-3-12(11)17)15-8-13(7-14)4-5-13/h2-3,6,9,15H,4-5,7-8,14H2,1H3. The number of nitrogens with two attached hydrogens (primary N) is 1. The predicted molar refractivity (Wildman–Crippen MR) is 69.9 cm³/mol. The van der Waals surface area contributed by atoms with E-state index < -0.39 is 0 Å². The normalized spacial score (nSPS) is 17.3. The molecule has 17 heavy (non-hydrogen) atoms. The molecule has 4 heteroatoms. The number of hydrogen-bond acceptors (Lipinski definition) is 3. The van der Waals surface area contributed by atoms with E-state index in [-0.39, 0.29) is 0 Å². The number of aryl methyl sites for hydroxylation is 1. The first-order valence-corrected chi connectivity index (χ1v) is 6.07. The van der Waals surface area contributed by atoms with Gasteiger partial charge in [-0.1, -0.05) is 0 Å². The van der Waals surface area contributed by atoms with Crippen LogP contribution in [0, 0.1) is 5.41 Å². The molecule has 1 aliphatic carbocycles. The molecule has 1 heterocycles. The molecule has 3 N–H and O–H groups in total. The smallest absolute Gasteiger partial charge is 0.0955 e. The van der Waals surface area contributed by atoms with E-state index in [9.17, 15) is 0 Å². The number of fused-ring (bicyclic) bond motifs is 1. The van der Waals surface area contributed by atoms with Gasteiger partial charge in [-0.15, -0.1) is 0 Å². The van der Waals surface area contributed by atoms with Crippen molar-refractivity contribution >= 4 is 16.7 Å². The van der Waals surface area contributed by atoms with Crippen LogP contribution < -0.4 is 11.1 Å². The molecule has 1 aromatic heterocycles. The summed E-state index contributed by atoms with van der Waals surface area (Å²) in [5.41, 5.74) is 9.47. The number of imidazole rings is 1. The van der Waals surface area contributed by atoms with Crippen LogP contribution in [0.25, 0.3) is 11.0 Å². The summed E-state index contributed by atoms with van der Waals surface area (Å²) in [5, 5.41) is 3.47. The highest BCUT2D eigenvalue weighted by Gasteiger charge is 2.40. The fourth-order valence-electron chi connectivity index (χ4n) is 2.17. The predicted octanol–water partition coefficient (Wildman–Crippen LogP) is 1.72. The Morgan fingerprint density at radius 1 is 1.47 bits per heavy atom. The van der Waals surface area contributed by atoms with E-state index in [2.05, 4.69) is 28.5 Å². The molecule has 0 amide bonds. The average molecular weight is 230 g/mol. The van der Waals surface area contributed by atoms with Gasteiger partial charge in [0.1, 0.15) is 0 Å². The largest absolute Gasteiger partial charge is 0.384 e. The van der Waals surface area contributed by atoms with Gasteiger partial charge in [-0.05, 0) is 43.0 Å². The molecule has 0 radical (unpaired) electrons. The summed E-state index contributed by atoms with van der Waals surface area (Å²) >= 11 is 0. The zero-order valence-corrected chi connectivity index (χ0v) is 10.1. The molecule has 1 aromatic carbocycles. The van der Waals surface area contributed by atoms with Gasteiger partial charge in [0.05, 0.1) is 17.4 Å². The Morgan fingerprint density at radius 2 is 2.29 bits per heavy atom. The van der Waals surface area contributed by atoms with Crippen molar-refractivity contribution in [2.75, 3.05) is 18.4 Å². The van der Waals surface area contributed by atoms with Crippen LogP contribution in [0.2, 0.25) is 0 Å². The van der Waals surface area contributed by atoms with Crippen molar-refractivity contribution in [3.63, 3.8) is 0 Å². The van der Waals surface area contributed by atoms with Gasteiger partial charge < -0.3 is 15.6 Å². The molecule has 1 fully saturated rings. The quantitative estimate of drug-likeness (QED) is 0.841. The number of aromatic nitrogens is 2. The highest BCUT2D eigenvalue weighted by Crippen LogP contribution is 2.44. The van der Waals surface area contributed by atoms with E-state index in [0.29, 0.717) is 5.41 Å². The monoisotopic (exact) mass is 230 g/mol. The molecule has 0 aliphatic heterocycles. The number of nitrogens with one attached hydrogen (secondary N) is 1. The van der Waals surface area contributed by atoms with Crippen LogP contribution >= 0.6 is 0 Å². The Morgan fingerprint density at radius 3 is 3.00 bits per heavy atom. The Labute approximate surface area is 101 Å². The SMILES string of the molecule is Cn1cnc2cc(NCC3(CN)CC3)ccc21. The molecule has 3 rings (SSSR count). The van der Waals surface area contributed by atoms with Crippen molar-refractivity contribution in [1.29, 1.82) is 0 Å². The van der Waals surface area contributed by atoms with Gasteiger partial charge >= 0.3 is 0 Å². The lowest BCUT2D eigenvalue weighted by Gasteiger charge is -2.14. The lowest BCUT2D eigenvalue weighted by atomic mass is 10.1. The van der Waals surface area contributed by atoms with Crippen molar-refractivity contribution < 1.29 is 0 Å². The molecule has 0 atom stereocenters. The van der Waals surface area contributed by atoms with Crippen molar-refractivity contribution in [1.82, 2.24) is 9.55 Å². The minimum Gasteiger partial charge on any atom is -0.384 e. The second kappa shape index (κ2) is 3.74. The number of anilines is 1. The van der Waals surface area contributed by atoms with Gasteiger partial charge in [0.2, 0.25) is 0 Å². The van der Waals surface area contributed by atoms with Gasteiger partial charge in [0, 0.05) is 19.3 Å². The summed E-state index contributed by atoms with van der Waals surface area (Å²) in [6.07, 6.45) is 4.35. The van der Waals surface area contributed by atoms with Crippen LogP contribution in [0.4, 0.5) is 5.69 Å². The first-order valence-electron chi connectivity index (χ1n) is 6.07. The third-order valence-electron chi connectivity index (χ3n) is 3.78. The van der Waals surface area contributed by atoms with Crippen LogP contribution in [0.15, 0.2) is 24.5 Å². The molecule has 90 valence electrons. The van der Waals surface area contributed by atoms with E-state index >= 15 is 0 Å². The number of nitrogens with zero attached hydrogens (tertiary/aromatic N) is 2. The third kappa shape index (κ3) is 1.89. The van der Waals surface area contributed by atoms with Gasteiger partial charge in [-0.3, -0.25) is 0 Å². The van der Waals surface area contributed by atoms with Crippen LogP contribution in [0.1, 0.15) is 12.8 Å².